The Hall–Kier alpha value is -1.80. The Morgan fingerprint density at radius 2 is 1.92 bits per heavy atom. The van der Waals surface area contributed by atoms with E-state index >= 15 is 0 Å². The fraction of sp³-hybridized carbons (Fsp3) is 0.235. The van der Waals surface area contributed by atoms with E-state index in [1.54, 1.807) is 31.2 Å². The molecule has 0 aliphatic rings. The maximum Gasteiger partial charge on any atom is 0.240 e. The van der Waals surface area contributed by atoms with Gasteiger partial charge in [0.2, 0.25) is 15.9 Å². The molecular weight excluding hydrogens is 399 g/mol. The number of hydrogen-bond donors (Lipinski definition) is 2. The van der Waals surface area contributed by atoms with Crippen molar-refractivity contribution in [2.45, 2.75) is 18.2 Å². The minimum atomic E-state index is -3.73. The highest BCUT2D eigenvalue weighted by molar-refractivity contribution is 7.89. The van der Waals surface area contributed by atoms with Crippen LogP contribution in [-0.4, -0.2) is 28.0 Å². The monoisotopic (exact) mass is 416 g/mol. The van der Waals surface area contributed by atoms with Crippen LogP contribution in [0.4, 0.5) is 5.69 Å². The van der Waals surface area contributed by atoms with Crippen LogP contribution < -0.4 is 14.8 Å². The maximum atomic E-state index is 12.2. The first-order valence-electron chi connectivity index (χ1n) is 7.62. The van der Waals surface area contributed by atoms with Gasteiger partial charge < -0.3 is 10.1 Å². The molecule has 0 saturated carbocycles. The summed E-state index contributed by atoms with van der Waals surface area (Å²) in [4.78, 5) is 12.1. The molecule has 0 fully saturated rings. The van der Waals surface area contributed by atoms with E-state index in [2.05, 4.69) is 10.0 Å². The molecule has 140 valence electrons. The molecule has 2 N–H and O–H groups in total. The van der Waals surface area contributed by atoms with Crippen LogP contribution >= 0.6 is 23.2 Å². The fourth-order valence-electron chi connectivity index (χ4n) is 2.16. The number of sulfonamides is 1. The second kappa shape index (κ2) is 8.73. The van der Waals surface area contributed by atoms with E-state index in [0.717, 1.165) is 5.56 Å². The highest BCUT2D eigenvalue weighted by Gasteiger charge is 2.15. The first kappa shape index (κ1) is 20.5. The van der Waals surface area contributed by atoms with Crippen LogP contribution in [0.25, 0.3) is 0 Å². The lowest BCUT2D eigenvalue weighted by Crippen LogP contribution is -2.28. The second-order valence-electron chi connectivity index (χ2n) is 5.46. The molecule has 0 saturated heterocycles. The third-order valence-electron chi connectivity index (χ3n) is 3.51. The van der Waals surface area contributed by atoms with Crippen molar-refractivity contribution in [1.82, 2.24) is 4.72 Å². The molecule has 0 radical (unpaired) electrons. The largest absolute Gasteiger partial charge is 0.495 e. The highest BCUT2D eigenvalue weighted by atomic mass is 35.5. The van der Waals surface area contributed by atoms with Crippen LogP contribution in [0, 0.1) is 6.92 Å². The van der Waals surface area contributed by atoms with Crippen molar-refractivity contribution in [3.63, 3.8) is 0 Å². The number of carbonyl (C=O) groups is 1. The van der Waals surface area contributed by atoms with Gasteiger partial charge in [0.1, 0.15) is 5.75 Å². The van der Waals surface area contributed by atoms with E-state index in [1.807, 2.05) is 0 Å². The third kappa shape index (κ3) is 5.35. The molecule has 6 nitrogen and oxygen atoms in total. The zero-order chi connectivity index (χ0) is 19.3. The zero-order valence-electron chi connectivity index (χ0n) is 14.2. The molecule has 0 heterocycles. The predicted octanol–water partition coefficient (Wildman–Crippen LogP) is 3.62. The van der Waals surface area contributed by atoms with Gasteiger partial charge in [-0.1, -0.05) is 29.3 Å². The second-order valence-corrected chi connectivity index (χ2v) is 8.07. The quantitative estimate of drug-likeness (QED) is 0.721. The Morgan fingerprint density at radius 1 is 1.19 bits per heavy atom. The number of aryl methyl sites for hydroxylation is 1. The molecule has 0 aliphatic carbocycles. The number of carbonyl (C=O) groups excluding carboxylic acids is 1. The van der Waals surface area contributed by atoms with Crippen molar-refractivity contribution >= 4 is 44.8 Å². The summed E-state index contributed by atoms with van der Waals surface area (Å²) in [5.74, 6) is 0.0623. The number of methoxy groups -OCH3 is 1. The Kier molecular flexibility index (Phi) is 6.88. The molecule has 0 aromatic heterocycles. The van der Waals surface area contributed by atoms with Crippen LogP contribution in [-0.2, 0) is 14.8 Å². The number of halogens is 2. The molecular formula is C17H18Cl2N2O4S. The van der Waals surface area contributed by atoms with Crippen molar-refractivity contribution in [2.24, 2.45) is 0 Å². The third-order valence-corrected chi connectivity index (χ3v) is 5.61. The van der Waals surface area contributed by atoms with Gasteiger partial charge in [-0.15, -0.1) is 0 Å². The molecule has 0 unspecified atom stereocenters. The molecule has 2 aromatic carbocycles. The smallest absolute Gasteiger partial charge is 0.240 e. The van der Waals surface area contributed by atoms with Gasteiger partial charge in [0.15, 0.2) is 0 Å². The van der Waals surface area contributed by atoms with E-state index in [-0.39, 0.29) is 23.8 Å². The Labute approximate surface area is 162 Å². The van der Waals surface area contributed by atoms with Gasteiger partial charge in [-0.05, 0) is 36.8 Å². The van der Waals surface area contributed by atoms with E-state index in [9.17, 15) is 13.2 Å². The summed E-state index contributed by atoms with van der Waals surface area (Å²) in [5.41, 5.74) is 1.25. The normalized spacial score (nSPS) is 11.2. The first-order valence-corrected chi connectivity index (χ1v) is 9.86. The molecule has 0 spiro atoms. The van der Waals surface area contributed by atoms with E-state index in [4.69, 9.17) is 27.9 Å². The minimum absolute atomic E-state index is 0.0420. The molecule has 0 aliphatic heterocycles. The maximum absolute atomic E-state index is 12.2. The summed E-state index contributed by atoms with van der Waals surface area (Å²) in [6, 6.07) is 9.18. The lowest BCUT2D eigenvalue weighted by Gasteiger charge is -2.12. The predicted molar refractivity (Wildman–Crippen MR) is 103 cm³/mol. The van der Waals surface area contributed by atoms with E-state index < -0.39 is 10.0 Å². The standard InChI is InChI=1S/C17H18Cl2N2O4S/c1-11-8-15(16(25-2)10-14(11)19)21-17(22)6-7-20-26(23,24)13-5-3-4-12(18)9-13/h3-5,8-10,20H,6-7H2,1-2H3,(H,21,22). The Bertz CT molecular complexity index is 917. The van der Waals surface area contributed by atoms with Crippen LogP contribution in [0.15, 0.2) is 41.3 Å². The van der Waals surface area contributed by atoms with Crippen molar-refractivity contribution in [3.8, 4) is 5.75 Å². The van der Waals surface area contributed by atoms with E-state index in [1.165, 1.54) is 19.2 Å². The van der Waals surface area contributed by atoms with Gasteiger partial charge in [-0.3, -0.25) is 4.79 Å². The van der Waals surface area contributed by atoms with Crippen molar-refractivity contribution in [2.75, 3.05) is 19.0 Å². The molecule has 1 amide bonds. The molecule has 0 atom stereocenters. The first-order chi connectivity index (χ1) is 12.2. The van der Waals surface area contributed by atoms with Gasteiger partial charge in [-0.25, -0.2) is 13.1 Å². The van der Waals surface area contributed by atoms with Gasteiger partial charge >= 0.3 is 0 Å². The molecule has 2 aromatic rings. The number of ether oxygens (including phenoxy) is 1. The highest BCUT2D eigenvalue weighted by Crippen LogP contribution is 2.30. The van der Waals surface area contributed by atoms with Gasteiger partial charge in [0.05, 0.1) is 17.7 Å². The van der Waals surface area contributed by atoms with Crippen molar-refractivity contribution in [3.05, 3.63) is 52.0 Å². The lowest BCUT2D eigenvalue weighted by molar-refractivity contribution is -0.116. The summed E-state index contributed by atoms with van der Waals surface area (Å²) in [6.45, 7) is 1.74. The average Bonchev–Trinajstić information content (AvgIpc) is 2.57. The molecule has 26 heavy (non-hydrogen) atoms. The Balaban J connectivity index is 1.96. The van der Waals surface area contributed by atoms with Crippen molar-refractivity contribution in [1.29, 1.82) is 0 Å². The number of amides is 1. The summed E-state index contributed by atoms with van der Waals surface area (Å²) in [7, 11) is -2.27. The fourth-order valence-corrected chi connectivity index (χ4v) is 3.64. The van der Waals surface area contributed by atoms with Gasteiger partial charge in [0, 0.05) is 29.1 Å². The summed E-state index contributed by atoms with van der Waals surface area (Å²) in [5, 5.41) is 3.52. The lowest BCUT2D eigenvalue weighted by atomic mass is 10.2. The SMILES string of the molecule is COc1cc(Cl)c(C)cc1NC(=O)CCNS(=O)(=O)c1cccc(Cl)c1. The number of hydrogen-bond acceptors (Lipinski definition) is 4. The average molecular weight is 417 g/mol. The molecule has 2 rings (SSSR count). The summed E-state index contributed by atoms with van der Waals surface area (Å²) < 4.78 is 31.9. The van der Waals surface area contributed by atoms with Crippen LogP contribution in [0.2, 0.25) is 10.0 Å². The molecule has 9 heteroatoms. The number of nitrogens with one attached hydrogen (secondary N) is 2. The van der Waals surface area contributed by atoms with Crippen LogP contribution in [0.5, 0.6) is 5.75 Å². The zero-order valence-corrected chi connectivity index (χ0v) is 16.5. The molecule has 0 bridgehead atoms. The summed E-state index contributed by atoms with van der Waals surface area (Å²) in [6.07, 6.45) is -0.0510. The topological polar surface area (TPSA) is 84.5 Å². The number of anilines is 1. The number of rotatable bonds is 7. The van der Waals surface area contributed by atoms with Gasteiger partial charge in [0.25, 0.3) is 0 Å². The van der Waals surface area contributed by atoms with Crippen molar-refractivity contribution < 1.29 is 17.9 Å². The van der Waals surface area contributed by atoms with Gasteiger partial charge in [-0.2, -0.15) is 0 Å². The van der Waals surface area contributed by atoms with E-state index in [0.29, 0.717) is 21.5 Å². The van der Waals surface area contributed by atoms with Crippen LogP contribution in [0.1, 0.15) is 12.0 Å². The minimum Gasteiger partial charge on any atom is -0.495 e. The number of benzene rings is 2. The van der Waals surface area contributed by atoms with Crippen LogP contribution in [0.3, 0.4) is 0 Å². The summed E-state index contributed by atoms with van der Waals surface area (Å²) >= 11 is 11.8. The Morgan fingerprint density at radius 3 is 2.58 bits per heavy atom.